The number of nitrogens with two attached hydrogens (primary N) is 1. The summed E-state index contributed by atoms with van der Waals surface area (Å²) in [6.45, 7) is 0.546. The number of fused-ring (bicyclic) bond motifs is 1. The van der Waals surface area contributed by atoms with E-state index in [1.807, 2.05) is 18.2 Å². The van der Waals surface area contributed by atoms with Crippen molar-refractivity contribution in [3.05, 3.63) is 65.9 Å². The molecule has 6 heteroatoms. The van der Waals surface area contributed by atoms with Crippen LogP contribution in [0.5, 0.6) is 17.2 Å². The number of benzene rings is 2. The minimum atomic E-state index is -4.36. The number of alkyl halides is 3. The van der Waals surface area contributed by atoms with Crippen molar-refractivity contribution in [3.63, 3.8) is 0 Å². The van der Waals surface area contributed by atoms with Crippen LogP contribution >= 0.6 is 0 Å². The fourth-order valence-corrected chi connectivity index (χ4v) is 2.80. The van der Waals surface area contributed by atoms with Crippen LogP contribution in [-0.4, -0.2) is 6.61 Å². The topological polar surface area (TPSA) is 44.5 Å². The van der Waals surface area contributed by atoms with Gasteiger partial charge >= 0.3 is 6.18 Å². The average molecular weight is 349 g/mol. The van der Waals surface area contributed by atoms with Gasteiger partial charge in [-0.25, -0.2) is 0 Å². The van der Waals surface area contributed by atoms with Crippen LogP contribution in [0.15, 0.2) is 54.7 Å². The first-order valence-electron chi connectivity index (χ1n) is 7.94. The van der Waals surface area contributed by atoms with Crippen LogP contribution in [0.4, 0.5) is 13.2 Å². The van der Waals surface area contributed by atoms with Crippen LogP contribution in [0, 0.1) is 5.92 Å². The third kappa shape index (κ3) is 4.07. The average Bonchev–Trinajstić information content (AvgIpc) is 2.59. The molecule has 0 spiro atoms. The Bertz CT molecular complexity index is 754. The van der Waals surface area contributed by atoms with E-state index in [2.05, 4.69) is 0 Å². The van der Waals surface area contributed by atoms with E-state index in [1.165, 1.54) is 18.3 Å². The lowest BCUT2D eigenvalue weighted by Gasteiger charge is -2.26. The molecule has 3 rings (SSSR count). The lowest BCUT2D eigenvalue weighted by molar-refractivity contribution is -0.137. The molecular weight excluding hydrogens is 331 g/mol. The van der Waals surface area contributed by atoms with Gasteiger partial charge in [-0.05, 0) is 54.9 Å². The molecule has 25 heavy (non-hydrogen) atoms. The highest BCUT2D eigenvalue weighted by Crippen LogP contribution is 2.39. The fourth-order valence-electron chi connectivity index (χ4n) is 2.80. The molecule has 0 saturated carbocycles. The highest BCUT2D eigenvalue weighted by atomic mass is 19.4. The third-order valence-corrected chi connectivity index (χ3v) is 4.05. The second-order valence-corrected chi connectivity index (χ2v) is 5.91. The van der Waals surface area contributed by atoms with Gasteiger partial charge in [0.25, 0.3) is 0 Å². The first kappa shape index (κ1) is 17.2. The van der Waals surface area contributed by atoms with E-state index in [0.29, 0.717) is 29.8 Å². The molecule has 1 aliphatic rings. The summed E-state index contributed by atoms with van der Waals surface area (Å²) < 4.78 is 49.4. The van der Waals surface area contributed by atoms with Gasteiger partial charge in [-0.15, -0.1) is 0 Å². The summed E-state index contributed by atoms with van der Waals surface area (Å²) in [6, 6.07) is 10.2. The molecular formula is C19H18F3NO2. The van der Waals surface area contributed by atoms with Crippen molar-refractivity contribution < 1.29 is 22.6 Å². The van der Waals surface area contributed by atoms with Gasteiger partial charge < -0.3 is 15.2 Å². The van der Waals surface area contributed by atoms with Crippen LogP contribution in [0.25, 0.3) is 0 Å². The monoisotopic (exact) mass is 349 g/mol. The Labute approximate surface area is 143 Å². The molecule has 132 valence electrons. The number of hydrogen-bond acceptors (Lipinski definition) is 3. The normalized spacial score (nSPS) is 17.2. The highest BCUT2D eigenvalue weighted by Gasteiger charge is 2.30. The van der Waals surface area contributed by atoms with Crippen LogP contribution in [0.3, 0.4) is 0 Å². The van der Waals surface area contributed by atoms with Gasteiger partial charge in [0, 0.05) is 5.92 Å². The Morgan fingerprint density at radius 2 is 1.92 bits per heavy atom. The van der Waals surface area contributed by atoms with E-state index in [9.17, 15) is 13.2 Å². The molecule has 1 heterocycles. The summed E-state index contributed by atoms with van der Waals surface area (Å²) in [4.78, 5) is 0. The zero-order valence-electron chi connectivity index (χ0n) is 13.4. The number of para-hydroxylation sites is 1. The van der Waals surface area contributed by atoms with Gasteiger partial charge in [-0.3, -0.25) is 0 Å². The van der Waals surface area contributed by atoms with Crippen molar-refractivity contribution in [2.45, 2.75) is 19.0 Å². The zero-order chi connectivity index (χ0) is 17.9. The van der Waals surface area contributed by atoms with Crippen molar-refractivity contribution >= 4 is 0 Å². The first-order valence-corrected chi connectivity index (χ1v) is 7.94. The molecule has 2 aromatic rings. The highest BCUT2D eigenvalue weighted by molar-refractivity contribution is 5.49. The lowest BCUT2D eigenvalue weighted by atomic mass is 9.94. The van der Waals surface area contributed by atoms with Gasteiger partial charge in [-0.1, -0.05) is 18.2 Å². The number of halogens is 3. The van der Waals surface area contributed by atoms with Crippen molar-refractivity contribution in [2.75, 3.05) is 6.61 Å². The SMILES string of the molecule is NC=CCC1COc2c(cccc2Oc2ccc(C(F)(F)F)cc2)C1. The van der Waals surface area contributed by atoms with E-state index in [1.54, 1.807) is 6.07 Å². The number of hydrogen-bond donors (Lipinski definition) is 1. The molecule has 0 bridgehead atoms. The maximum Gasteiger partial charge on any atom is 0.416 e. The minimum absolute atomic E-state index is 0.332. The number of rotatable bonds is 4. The van der Waals surface area contributed by atoms with Crippen LogP contribution in [0.1, 0.15) is 17.5 Å². The molecule has 0 aromatic heterocycles. The second-order valence-electron chi connectivity index (χ2n) is 5.91. The van der Waals surface area contributed by atoms with Crippen LogP contribution < -0.4 is 15.2 Å². The molecule has 0 amide bonds. The van der Waals surface area contributed by atoms with Crippen molar-refractivity contribution in [2.24, 2.45) is 11.7 Å². The van der Waals surface area contributed by atoms with Gasteiger partial charge in [0.15, 0.2) is 11.5 Å². The molecule has 1 atom stereocenters. The predicted molar refractivity (Wildman–Crippen MR) is 88.6 cm³/mol. The summed E-state index contributed by atoms with van der Waals surface area (Å²) in [7, 11) is 0. The molecule has 0 radical (unpaired) electrons. The standard InChI is InChI=1S/C19H18F3NO2/c20-19(21,22)15-6-8-16(9-7-15)25-17-5-1-4-14-11-13(3-2-10-23)12-24-18(14)17/h1-2,4-10,13H,3,11-12,23H2. The van der Waals surface area contributed by atoms with E-state index < -0.39 is 11.7 Å². The largest absolute Gasteiger partial charge is 0.489 e. The summed E-state index contributed by atoms with van der Waals surface area (Å²) in [5, 5.41) is 0. The number of allylic oxidation sites excluding steroid dienone is 1. The Morgan fingerprint density at radius 3 is 2.60 bits per heavy atom. The number of ether oxygens (including phenoxy) is 2. The smallest absolute Gasteiger partial charge is 0.416 e. The van der Waals surface area contributed by atoms with Gasteiger partial charge in [0.05, 0.1) is 12.2 Å². The molecule has 0 fully saturated rings. The van der Waals surface area contributed by atoms with Crippen LogP contribution in [-0.2, 0) is 12.6 Å². The van der Waals surface area contributed by atoms with E-state index in [-0.39, 0.29) is 0 Å². The Morgan fingerprint density at radius 1 is 1.16 bits per heavy atom. The predicted octanol–water partition coefficient (Wildman–Crippen LogP) is 4.91. The van der Waals surface area contributed by atoms with Gasteiger partial charge in [-0.2, -0.15) is 13.2 Å². The quantitative estimate of drug-likeness (QED) is 0.853. The van der Waals surface area contributed by atoms with Crippen LogP contribution in [0.2, 0.25) is 0 Å². The Kier molecular flexibility index (Phi) is 4.88. The Balaban J connectivity index is 1.76. The minimum Gasteiger partial charge on any atom is -0.489 e. The van der Waals surface area contributed by atoms with E-state index in [4.69, 9.17) is 15.2 Å². The summed E-state index contributed by atoms with van der Waals surface area (Å²) in [5.41, 5.74) is 5.69. The molecule has 2 aromatic carbocycles. The van der Waals surface area contributed by atoms with E-state index in [0.717, 1.165) is 30.5 Å². The van der Waals surface area contributed by atoms with E-state index >= 15 is 0 Å². The third-order valence-electron chi connectivity index (χ3n) is 4.05. The van der Waals surface area contributed by atoms with Crippen molar-refractivity contribution in [3.8, 4) is 17.2 Å². The fraction of sp³-hybridized carbons (Fsp3) is 0.263. The Hall–Kier alpha value is -2.63. The summed E-state index contributed by atoms with van der Waals surface area (Å²) in [5.74, 6) is 1.83. The molecule has 0 saturated heterocycles. The second kappa shape index (κ2) is 7.09. The first-order chi connectivity index (χ1) is 12.0. The molecule has 1 unspecified atom stereocenters. The van der Waals surface area contributed by atoms with Crippen molar-refractivity contribution in [1.82, 2.24) is 0 Å². The molecule has 3 nitrogen and oxygen atoms in total. The summed E-state index contributed by atoms with van der Waals surface area (Å²) >= 11 is 0. The molecule has 0 aliphatic carbocycles. The maximum absolute atomic E-state index is 12.6. The van der Waals surface area contributed by atoms with Gasteiger partial charge in [0.1, 0.15) is 5.75 Å². The zero-order valence-corrected chi connectivity index (χ0v) is 13.4. The van der Waals surface area contributed by atoms with Crippen molar-refractivity contribution in [1.29, 1.82) is 0 Å². The molecule has 1 aliphatic heterocycles. The molecule has 2 N–H and O–H groups in total. The maximum atomic E-state index is 12.6. The summed E-state index contributed by atoms with van der Waals surface area (Å²) in [6.07, 6.45) is 0.742. The van der Waals surface area contributed by atoms with Gasteiger partial charge in [0.2, 0.25) is 0 Å². The lowest BCUT2D eigenvalue weighted by Crippen LogP contribution is -2.20.